The number of nitrogens with one attached hydrogen (secondary N) is 1. The maximum atomic E-state index is 11.5. The van der Waals surface area contributed by atoms with Crippen LogP contribution in [0.15, 0.2) is 24.3 Å². The average Bonchev–Trinajstić information content (AvgIpc) is 2.78. The number of hydrogen-bond acceptors (Lipinski definition) is 2. The van der Waals surface area contributed by atoms with Gasteiger partial charge in [-0.1, -0.05) is 36.6 Å². The van der Waals surface area contributed by atoms with Crippen molar-refractivity contribution in [1.29, 1.82) is 0 Å². The average molecular weight is 253 g/mol. The third-order valence-electron chi connectivity index (χ3n) is 3.22. The summed E-state index contributed by atoms with van der Waals surface area (Å²) in [5, 5.41) is 3.95. The molecule has 1 aromatic carbocycles. The number of primary amides is 1. The van der Waals surface area contributed by atoms with Crippen molar-refractivity contribution in [3.05, 3.63) is 34.9 Å². The highest BCUT2D eigenvalue weighted by Gasteiger charge is 2.23. The maximum absolute atomic E-state index is 11.5. The van der Waals surface area contributed by atoms with Gasteiger partial charge in [0, 0.05) is 11.1 Å². The van der Waals surface area contributed by atoms with Gasteiger partial charge >= 0.3 is 0 Å². The molecule has 1 aromatic rings. The summed E-state index contributed by atoms with van der Waals surface area (Å²) < 4.78 is 0. The van der Waals surface area contributed by atoms with Crippen LogP contribution in [0.25, 0.3) is 0 Å². The van der Waals surface area contributed by atoms with Crippen LogP contribution < -0.4 is 11.1 Å². The highest BCUT2D eigenvalue weighted by molar-refractivity contribution is 6.30. The quantitative estimate of drug-likeness (QED) is 0.865. The molecular formula is C13H17ClN2O. The van der Waals surface area contributed by atoms with Gasteiger partial charge in [-0.25, -0.2) is 0 Å². The molecule has 0 saturated heterocycles. The smallest absolute Gasteiger partial charge is 0.239 e. The normalized spacial score (nSPS) is 18.2. The number of hydrogen-bond donors (Lipinski definition) is 2. The summed E-state index contributed by atoms with van der Waals surface area (Å²) in [7, 11) is 0. The molecule has 1 saturated carbocycles. The molecule has 3 nitrogen and oxygen atoms in total. The molecule has 1 aliphatic rings. The Morgan fingerprint density at radius 3 is 2.71 bits per heavy atom. The van der Waals surface area contributed by atoms with Crippen LogP contribution in [0.4, 0.5) is 0 Å². The van der Waals surface area contributed by atoms with Gasteiger partial charge in [-0.05, 0) is 30.5 Å². The Bertz CT molecular complexity index is 402. The number of carbonyl (C=O) groups is 1. The molecule has 17 heavy (non-hydrogen) atoms. The van der Waals surface area contributed by atoms with Crippen molar-refractivity contribution in [3.63, 3.8) is 0 Å². The number of carbonyl (C=O) groups excluding carboxylic acids is 1. The summed E-state index contributed by atoms with van der Waals surface area (Å²) in [5.41, 5.74) is 6.30. The van der Waals surface area contributed by atoms with E-state index in [1.807, 2.05) is 12.1 Å². The fourth-order valence-corrected chi connectivity index (χ4v) is 2.56. The molecule has 0 aliphatic heterocycles. The van der Waals surface area contributed by atoms with Crippen LogP contribution in [0, 0.1) is 0 Å². The van der Waals surface area contributed by atoms with Crippen LogP contribution in [0.3, 0.4) is 0 Å². The lowest BCUT2D eigenvalue weighted by atomic mass is 10.0. The minimum atomic E-state index is -0.434. The van der Waals surface area contributed by atoms with Gasteiger partial charge < -0.3 is 5.73 Å². The number of benzene rings is 1. The van der Waals surface area contributed by atoms with Crippen LogP contribution >= 0.6 is 11.6 Å². The van der Waals surface area contributed by atoms with E-state index < -0.39 is 6.04 Å². The van der Waals surface area contributed by atoms with E-state index in [9.17, 15) is 4.79 Å². The molecule has 1 amide bonds. The lowest BCUT2D eigenvalue weighted by Crippen LogP contribution is -2.38. The summed E-state index contributed by atoms with van der Waals surface area (Å²) in [4.78, 5) is 11.5. The van der Waals surface area contributed by atoms with Crippen LogP contribution in [0.5, 0.6) is 0 Å². The molecule has 1 aliphatic carbocycles. The summed E-state index contributed by atoms with van der Waals surface area (Å²) in [6, 6.07) is 7.26. The molecule has 0 spiro atoms. The SMILES string of the molecule is NC(=O)C(NC1CCCC1)c1cccc(Cl)c1. The minimum Gasteiger partial charge on any atom is -0.368 e. The third kappa shape index (κ3) is 3.20. The molecular weight excluding hydrogens is 236 g/mol. The lowest BCUT2D eigenvalue weighted by molar-refractivity contribution is -0.120. The highest BCUT2D eigenvalue weighted by atomic mass is 35.5. The Morgan fingerprint density at radius 2 is 2.12 bits per heavy atom. The predicted molar refractivity (Wildman–Crippen MR) is 68.8 cm³/mol. The van der Waals surface area contributed by atoms with Crippen molar-refractivity contribution in [3.8, 4) is 0 Å². The first-order valence-electron chi connectivity index (χ1n) is 5.97. The molecule has 0 radical (unpaired) electrons. The third-order valence-corrected chi connectivity index (χ3v) is 3.46. The zero-order valence-corrected chi connectivity index (χ0v) is 10.4. The van der Waals surface area contributed by atoms with Crippen molar-refractivity contribution >= 4 is 17.5 Å². The van der Waals surface area contributed by atoms with E-state index in [0.29, 0.717) is 11.1 Å². The highest BCUT2D eigenvalue weighted by Crippen LogP contribution is 2.23. The number of amides is 1. The molecule has 1 unspecified atom stereocenters. The fourth-order valence-electron chi connectivity index (χ4n) is 2.36. The molecule has 1 atom stereocenters. The number of halogens is 1. The molecule has 0 aromatic heterocycles. The Balaban J connectivity index is 2.13. The van der Waals surface area contributed by atoms with Crippen LogP contribution in [-0.4, -0.2) is 11.9 Å². The van der Waals surface area contributed by atoms with Crippen molar-refractivity contribution in [1.82, 2.24) is 5.32 Å². The number of rotatable bonds is 4. The van der Waals surface area contributed by atoms with E-state index in [1.54, 1.807) is 12.1 Å². The molecule has 3 N–H and O–H groups in total. The second-order valence-corrected chi connectivity index (χ2v) is 4.97. The first-order valence-corrected chi connectivity index (χ1v) is 6.35. The Kier molecular flexibility index (Phi) is 4.02. The standard InChI is InChI=1S/C13H17ClN2O/c14-10-5-3-4-9(8-10)12(13(15)17)16-11-6-1-2-7-11/h3-5,8,11-12,16H,1-2,6-7H2,(H2,15,17). The van der Waals surface area contributed by atoms with Gasteiger partial charge in [-0.15, -0.1) is 0 Å². The topological polar surface area (TPSA) is 55.1 Å². The van der Waals surface area contributed by atoms with Crippen LogP contribution in [0.1, 0.15) is 37.3 Å². The molecule has 0 heterocycles. The van der Waals surface area contributed by atoms with E-state index >= 15 is 0 Å². The van der Waals surface area contributed by atoms with Crippen molar-refractivity contribution in [2.24, 2.45) is 5.73 Å². The summed E-state index contributed by atoms with van der Waals surface area (Å²) in [6.45, 7) is 0. The van der Waals surface area contributed by atoms with Gasteiger partial charge in [0.05, 0.1) is 0 Å². The Morgan fingerprint density at radius 1 is 1.41 bits per heavy atom. The summed E-state index contributed by atoms with van der Waals surface area (Å²) in [6.07, 6.45) is 4.67. The summed E-state index contributed by atoms with van der Waals surface area (Å²) in [5.74, 6) is -0.348. The molecule has 2 rings (SSSR count). The predicted octanol–water partition coefficient (Wildman–Crippen LogP) is 2.40. The van der Waals surface area contributed by atoms with E-state index in [-0.39, 0.29) is 5.91 Å². The van der Waals surface area contributed by atoms with E-state index in [4.69, 9.17) is 17.3 Å². The maximum Gasteiger partial charge on any atom is 0.239 e. The minimum absolute atomic E-state index is 0.348. The molecule has 4 heteroatoms. The van der Waals surface area contributed by atoms with Gasteiger partial charge in [0.25, 0.3) is 0 Å². The van der Waals surface area contributed by atoms with Gasteiger partial charge in [-0.3, -0.25) is 10.1 Å². The second kappa shape index (κ2) is 5.52. The first-order chi connectivity index (χ1) is 8.16. The van der Waals surface area contributed by atoms with E-state index in [0.717, 1.165) is 18.4 Å². The molecule has 0 bridgehead atoms. The zero-order chi connectivity index (χ0) is 12.3. The van der Waals surface area contributed by atoms with Gasteiger partial charge in [0.1, 0.15) is 6.04 Å². The largest absolute Gasteiger partial charge is 0.368 e. The van der Waals surface area contributed by atoms with Gasteiger partial charge in [0.2, 0.25) is 5.91 Å². The van der Waals surface area contributed by atoms with E-state index in [1.165, 1.54) is 12.8 Å². The fraction of sp³-hybridized carbons (Fsp3) is 0.462. The summed E-state index contributed by atoms with van der Waals surface area (Å²) >= 11 is 5.93. The Hall–Kier alpha value is -1.06. The lowest BCUT2D eigenvalue weighted by Gasteiger charge is -2.20. The van der Waals surface area contributed by atoms with Crippen LogP contribution in [-0.2, 0) is 4.79 Å². The van der Waals surface area contributed by atoms with Gasteiger partial charge in [-0.2, -0.15) is 0 Å². The van der Waals surface area contributed by atoms with Crippen molar-refractivity contribution in [2.75, 3.05) is 0 Å². The molecule has 1 fully saturated rings. The Labute approximate surface area is 106 Å². The number of nitrogens with two attached hydrogens (primary N) is 1. The first kappa shape index (κ1) is 12.4. The van der Waals surface area contributed by atoms with Crippen LogP contribution in [0.2, 0.25) is 5.02 Å². The molecule has 92 valence electrons. The monoisotopic (exact) mass is 252 g/mol. The van der Waals surface area contributed by atoms with Gasteiger partial charge in [0.15, 0.2) is 0 Å². The van der Waals surface area contributed by atoms with Crippen molar-refractivity contribution < 1.29 is 4.79 Å². The van der Waals surface area contributed by atoms with E-state index in [2.05, 4.69) is 5.32 Å². The van der Waals surface area contributed by atoms with Crippen molar-refractivity contribution in [2.45, 2.75) is 37.8 Å². The zero-order valence-electron chi connectivity index (χ0n) is 9.66. The second-order valence-electron chi connectivity index (χ2n) is 4.54.